The van der Waals surface area contributed by atoms with Crippen molar-refractivity contribution in [1.82, 2.24) is 0 Å². The second-order valence-corrected chi connectivity index (χ2v) is 6.87. The van der Waals surface area contributed by atoms with Crippen LogP contribution in [0.25, 0.3) is 0 Å². The average Bonchev–Trinajstić information content (AvgIpc) is 2.70. The molecule has 2 aliphatic rings. The van der Waals surface area contributed by atoms with Gasteiger partial charge in [-0.05, 0) is 37.0 Å². The van der Waals surface area contributed by atoms with Gasteiger partial charge in [-0.3, -0.25) is 0 Å². The fourth-order valence-electron chi connectivity index (χ4n) is 3.21. The lowest BCUT2D eigenvalue weighted by molar-refractivity contribution is -0.000619. The molecule has 88 valence electrons. The molecule has 0 aromatic carbocycles. The van der Waals surface area contributed by atoms with E-state index in [0.717, 1.165) is 23.7 Å². The molecule has 1 spiro atoms. The maximum Gasteiger partial charge on any atom is 0.116 e. The molecule has 2 rings (SSSR count). The van der Waals surface area contributed by atoms with Crippen LogP contribution in [0.4, 0.5) is 0 Å². The first kappa shape index (κ1) is 11.8. The molecular weight excluding hydrogens is 204 g/mol. The van der Waals surface area contributed by atoms with Gasteiger partial charge in [0, 0.05) is 11.9 Å². The van der Waals surface area contributed by atoms with Crippen LogP contribution in [-0.2, 0) is 4.74 Å². The van der Waals surface area contributed by atoms with Gasteiger partial charge in [-0.15, -0.1) is 11.8 Å². The van der Waals surface area contributed by atoms with Crippen molar-refractivity contribution in [2.24, 2.45) is 17.8 Å². The molecule has 15 heavy (non-hydrogen) atoms. The van der Waals surface area contributed by atoms with E-state index in [0.29, 0.717) is 5.92 Å². The standard InChI is InChI=1S/C13H24OS/c1-5-12-10(3)9(2)11(4)13(15-12)7-6-8-14-13/h9-12H,5-8H2,1-4H3. The number of hydrogen-bond donors (Lipinski definition) is 0. The van der Waals surface area contributed by atoms with Gasteiger partial charge in [0.15, 0.2) is 0 Å². The Labute approximate surface area is 98.3 Å². The third kappa shape index (κ3) is 1.84. The predicted octanol–water partition coefficient (Wildman–Crippen LogP) is 3.93. The van der Waals surface area contributed by atoms with Gasteiger partial charge >= 0.3 is 0 Å². The minimum absolute atomic E-state index is 0.173. The Morgan fingerprint density at radius 2 is 2.00 bits per heavy atom. The monoisotopic (exact) mass is 228 g/mol. The highest BCUT2D eigenvalue weighted by Crippen LogP contribution is 2.55. The van der Waals surface area contributed by atoms with Gasteiger partial charge in [0.05, 0.1) is 0 Å². The molecule has 1 nitrogen and oxygen atoms in total. The third-order valence-electron chi connectivity index (χ3n) is 4.67. The Morgan fingerprint density at radius 1 is 1.27 bits per heavy atom. The third-order valence-corrected chi connectivity index (χ3v) is 6.83. The maximum atomic E-state index is 6.11. The molecular formula is C13H24OS. The molecule has 0 radical (unpaired) electrons. The van der Waals surface area contributed by atoms with Gasteiger partial charge < -0.3 is 4.74 Å². The Morgan fingerprint density at radius 3 is 2.53 bits per heavy atom. The highest BCUT2D eigenvalue weighted by atomic mass is 32.2. The minimum atomic E-state index is 0.173. The highest BCUT2D eigenvalue weighted by molar-refractivity contribution is 8.01. The van der Waals surface area contributed by atoms with E-state index >= 15 is 0 Å². The van der Waals surface area contributed by atoms with Crippen LogP contribution in [0.1, 0.15) is 47.0 Å². The van der Waals surface area contributed by atoms with E-state index in [1.807, 2.05) is 0 Å². The summed E-state index contributed by atoms with van der Waals surface area (Å²) in [4.78, 5) is 0.173. The Kier molecular flexibility index (Phi) is 3.37. The van der Waals surface area contributed by atoms with Crippen LogP contribution in [0, 0.1) is 17.8 Å². The van der Waals surface area contributed by atoms with Crippen molar-refractivity contribution >= 4 is 11.8 Å². The second-order valence-electron chi connectivity index (χ2n) is 5.34. The molecule has 5 unspecified atom stereocenters. The minimum Gasteiger partial charge on any atom is -0.364 e. The Bertz CT molecular complexity index is 221. The zero-order valence-corrected chi connectivity index (χ0v) is 11.3. The molecule has 0 amide bonds. The summed E-state index contributed by atoms with van der Waals surface area (Å²) in [6.45, 7) is 10.5. The molecule has 2 fully saturated rings. The van der Waals surface area contributed by atoms with E-state index in [1.54, 1.807) is 0 Å². The molecule has 0 aromatic heterocycles. The lowest BCUT2D eigenvalue weighted by Gasteiger charge is -2.49. The molecule has 2 aliphatic heterocycles. The zero-order valence-electron chi connectivity index (χ0n) is 10.5. The summed E-state index contributed by atoms with van der Waals surface area (Å²) in [6.07, 6.45) is 3.81. The largest absolute Gasteiger partial charge is 0.364 e. The maximum absolute atomic E-state index is 6.11. The van der Waals surface area contributed by atoms with E-state index in [1.165, 1.54) is 19.3 Å². The van der Waals surface area contributed by atoms with Gasteiger partial charge in [-0.1, -0.05) is 27.7 Å². The first-order valence-electron chi connectivity index (χ1n) is 6.42. The van der Waals surface area contributed by atoms with Crippen molar-refractivity contribution in [3.8, 4) is 0 Å². The van der Waals surface area contributed by atoms with Gasteiger partial charge in [-0.2, -0.15) is 0 Å². The van der Waals surface area contributed by atoms with Crippen LogP contribution >= 0.6 is 11.8 Å². The summed E-state index contributed by atoms with van der Waals surface area (Å²) >= 11 is 2.14. The van der Waals surface area contributed by atoms with Crippen molar-refractivity contribution in [3.05, 3.63) is 0 Å². The van der Waals surface area contributed by atoms with Crippen LogP contribution < -0.4 is 0 Å². The number of thioether (sulfide) groups is 1. The summed E-state index contributed by atoms with van der Waals surface area (Å²) in [5.74, 6) is 2.35. The molecule has 0 N–H and O–H groups in total. The van der Waals surface area contributed by atoms with Crippen molar-refractivity contribution in [2.45, 2.75) is 57.1 Å². The first-order valence-corrected chi connectivity index (χ1v) is 7.30. The lowest BCUT2D eigenvalue weighted by atomic mass is 9.78. The lowest BCUT2D eigenvalue weighted by Crippen LogP contribution is -2.46. The summed E-state index contributed by atoms with van der Waals surface area (Å²) in [5.41, 5.74) is 0. The Hall–Kier alpha value is 0.310. The fourth-order valence-corrected chi connectivity index (χ4v) is 5.19. The van der Waals surface area contributed by atoms with Gasteiger partial charge in [0.1, 0.15) is 4.93 Å². The summed E-state index contributed by atoms with van der Waals surface area (Å²) in [7, 11) is 0. The highest BCUT2D eigenvalue weighted by Gasteiger charge is 2.50. The van der Waals surface area contributed by atoms with E-state index in [2.05, 4.69) is 39.5 Å². The van der Waals surface area contributed by atoms with Crippen molar-refractivity contribution in [3.63, 3.8) is 0 Å². The summed E-state index contributed by atoms with van der Waals surface area (Å²) in [6, 6.07) is 0. The second kappa shape index (κ2) is 4.29. The number of rotatable bonds is 1. The SMILES string of the molecule is CCC1SC2(CCCO2)C(C)C(C)C1C. The average molecular weight is 228 g/mol. The van der Waals surface area contributed by atoms with E-state index in [-0.39, 0.29) is 4.93 Å². The van der Waals surface area contributed by atoms with Crippen LogP contribution in [0.2, 0.25) is 0 Å². The molecule has 2 saturated heterocycles. The quantitative estimate of drug-likeness (QED) is 0.672. The molecule has 0 aliphatic carbocycles. The Balaban J connectivity index is 2.19. The molecule has 0 saturated carbocycles. The van der Waals surface area contributed by atoms with E-state index < -0.39 is 0 Å². The van der Waals surface area contributed by atoms with Crippen molar-refractivity contribution < 1.29 is 4.74 Å². The molecule has 2 heteroatoms. The van der Waals surface area contributed by atoms with Gasteiger partial charge in [0.2, 0.25) is 0 Å². The van der Waals surface area contributed by atoms with Crippen molar-refractivity contribution in [2.75, 3.05) is 6.61 Å². The predicted molar refractivity (Wildman–Crippen MR) is 67.1 cm³/mol. The van der Waals surface area contributed by atoms with Crippen LogP contribution in [0.3, 0.4) is 0 Å². The van der Waals surface area contributed by atoms with Crippen LogP contribution in [0.15, 0.2) is 0 Å². The molecule has 0 aromatic rings. The van der Waals surface area contributed by atoms with Crippen LogP contribution in [-0.4, -0.2) is 16.8 Å². The summed E-state index contributed by atoms with van der Waals surface area (Å²) < 4.78 is 6.11. The van der Waals surface area contributed by atoms with E-state index in [4.69, 9.17) is 4.74 Å². The smallest absolute Gasteiger partial charge is 0.116 e. The fraction of sp³-hybridized carbons (Fsp3) is 1.00. The molecule has 0 bridgehead atoms. The number of hydrogen-bond acceptors (Lipinski definition) is 2. The zero-order chi connectivity index (χ0) is 11.1. The number of ether oxygens (including phenoxy) is 1. The molecule has 2 heterocycles. The first-order chi connectivity index (χ1) is 7.10. The van der Waals surface area contributed by atoms with Gasteiger partial charge in [-0.25, -0.2) is 0 Å². The van der Waals surface area contributed by atoms with Crippen molar-refractivity contribution in [1.29, 1.82) is 0 Å². The van der Waals surface area contributed by atoms with Crippen LogP contribution in [0.5, 0.6) is 0 Å². The van der Waals surface area contributed by atoms with E-state index in [9.17, 15) is 0 Å². The topological polar surface area (TPSA) is 9.23 Å². The summed E-state index contributed by atoms with van der Waals surface area (Å²) in [5, 5.41) is 0.800. The normalized spacial score (nSPS) is 51.2. The van der Waals surface area contributed by atoms with Gasteiger partial charge in [0.25, 0.3) is 0 Å². The molecule has 5 atom stereocenters.